The quantitative estimate of drug-likeness (QED) is 0.405. The van der Waals surface area contributed by atoms with Crippen molar-refractivity contribution in [2.45, 2.75) is 6.54 Å². The molecule has 8 heteroatoms. The molecule has 1 aliphatic heterocycles. The van der Waals surface area contributed by atoms with E-state index in [9.17, 15) is 9.59 Å². The summed E-state index contributed by atoms with van der Waals surface area (Å²) in [7, 11) is 0. The molecule has 5 rings (SSSR count). The number of para-hydroxylation sites is 1. The number of benzene rings is 3. The average molecular weight is 475 g/mol. The van der Waals surface area contributed by atoms with Crippen LogP contribution in [0.2, 0.25) is 5.02 Å². The second-order valence-electron chi connectivity index (χ2n) is 7.59. The molecule has 0 saturated carbocycles. The predicted molar refractivity (Wildman–Crippen MR) is 127 cm³/mol. The highest BCUT2D eigenvalue weighted by Gasteiger charge is 2.18. The maximum absolute atomic E-state index is 12.9. The molecule has 170 valence electrons. The number of rotatable bonds is 6. The van der Waals surface area contributed by atoms with Crippen LogP contribution in [-0.2, 0) is 16.1 Å². The molecule has 1 amide bonds. The van der Waals surface area contributed by atoms with E-state index in [1.54, 1.807) is 30.3 Å². The summed E-state index contributed by atoms with van der Waals surface area (Å²) in [6.07, 6.45) is 0. The van der Waals surface area contributed by atoms with Crippen LogP contribution in [0.1, 0.15) is 15.9 Å². The number of nitrogens with one attached hydrogen (secondary N) is 1. The SMILES string of the molecule is O=C(COC(=O)c1cc(-c2ccccc2Cl)nc2ccccc12)NCc1ccc2c(c1)OCO2. The number of amides is 1. The van der Waals surface area contributed by atoms with Crippen LogP contribution in [0.3, 0.4) is 0 Å². The molecular weight excluding hydrogens is 456 g/mol. The largest absolute Gasteiger partial charge is 0.454 e. The summed E-state index contributed by atoms with van der Waals surface area (Å²) in [5.74, 6) is 0.266. The monoisotopic (exact) mass is 474 g/mol. The third kappa shape index (κ3) is 4.51. The first-order chi connectivity index (χ1) is 16.6. The molecule has 0 bridgehead atoms. The number of fused-ring (bicyclic) bond motifs is 2. The van der Waals surface area contributed by atoms with Crippen molar-refractivity contribution in [3.63, 3.8) is 0 Å². The first kappa shape index (κ1) is 21.7. The topological polar surface area (TPSA) is 86.8 Å². The first-order valence-corrected chi connectivity index (χ1v) is 10.9. The van der Waals surface area contributed by atoms with Crippen molar-refractivity contribution in [3.8, 4) is 22.8 Å². The van der Waals surface area contributed by atoms with Crippen LogP contribution in [0.25, 0.3) is 22.2 Å². The van der Waals surface area contributed by atoms with Gasteiger partial charge in [0.2, 0.25) is 6.79 Å². The summed E-state index contributed by atoms with van der Waals surface area (Å²) in [5, 5.41) is 3.89. The molecule has 0 spiro atoms. The van der Waals surface area contributed by atoms with Gasteiger partial charge in [-0.3, -0.25) is 4.79 Å². The molecule has 0 radical (unpaired) electrons. The zero-order valence-corrected chi connectivity index (χ0v) is 18.7. The van der Waals surface area contributed by atoms with Crippen LogP contribution in [0.5, 0.6) is 11.5 Å². The van der Waals surface area contributed by atoms with Gasteiger partial charge in [-0.05, 0) is 35.9 Å². The van der Waals surface area contributed by atoms with Gasteiger partial charge in [-0.1, -0.05) is 54.1 Å². The average Bonchev–Trinajstić information content (AvgIpc) is 3.33. The lowest BCUT2D eigenvalue weighted by atomic mass is 10.0. The van der Waals surface area contributed by atoms with E-state index in [0.29, 0.717) is 44.2 Å². The third-order valence-electron chi connectivity index (χ3n) is 5.35. The van der Waals surface area contributed by atoms with Crippen LogP contribution in [0, 0.1) is 0 Å². The number of pyridine rings is 1. The molecular formula is C26H19ClN2O5. The van der Waals surface area contributed by atoms with Crippen molar-refractivity contribution in [2.24, 2.45) is 0 Å². The summed E-state index contributed by atoms with van der Waals surface area (Å²) >= 11 is 6.34. The summed E-state index contributed by atoms with van der Waals surface area (Å²) in [6, 6.07) is 21.6. The van der Waals surface area contributed by atoms with Crippen molar-refractivity contribution >= 4 is 34.4 Å². The van der Waals surface area contributed by atoms with Gasteiger partial charge in [-0.2, -0.15) is 0 Å². The molecule has 0 atom stereocenters. The minimum Gasteiger partial charge on any atom is -0.454 e. The number of halogens is 1. The maximum Gasteiger partial charge on any atom is 0.339 e. The van der Waals surface area contributed by atoms with E-state index in [1.807, 2.05) is 42.5 Å². The molecule has 0 saturated heterocycles. The molecule has 1 aromatic heterocycles. The molecule has 0 fully saturated rings. The van der Waals surface area contributed by atoms with Crippen molar-refractivity contribution < 1.29 is 23.8 Å². The summed E-state index contributed by atoms with van der Waals surface area (Å²) in [5.41, 5.74) is 3.02. The number of carbonyl (C=O) groups excluding carboxylic acids is 2. The number of esters is 1. The second-order valence-corrected chi connectivity index (χ2v) is 8.00. The smallest absolute Gasteiger partial charge is 0.339 e. The highest BCUT2D eigenvalue weighted by molar-refractivity contribution is 6.33. The highest BCUT2D eigenvalue weighted by atomic mass is 35.5. The Kier molecular flexibility index (Phi) is 6.01. The molecule has 0 aliphatic carbocycles. The van der Waals surface area contributed by atoms with Crippen molar-refractivity contribution in [3.05, 3.63) is 88.9 Å². The number of ether oxygens (including phenoxy) is 3. The van der Waals surface area contributed by atoms with Gasteiger partial charge in [0, 0.05) is 22.5 Å². The van der Waals surface area contributed by atoms with E-state index in [2.05, 4.69) is 10.3 Å². The highest BCUT2D eigenvalue weighted by Crippen LogP contribution is 2.32. The molecule has 0 unspecified atom stereocenters. The number of nitrogens with zero attached hydrogens (tertiary/aromatic N) is 1. The lowest BCUT2D eigenvalue weighted by molar-refractivity contribution is -0.124. The van der Waals surface area contributed by atoms with Gasteiger partial charge >= 0.3 is 5.97 Å². The Labute approximate surface area is 200 Å². The van der Waals surface area contributed by atoms with Crippen molar-refractivity contribution in [1.29, 1.82) is 0 Å². The van der Waals surface area contributed by atoms with Crippen LogP contribution >= 0.6 is 11.6 Å². The van der Waals surface area contributed by atoms with Gasteiger partial charge in [-0.25, -0.2) is 9.78 Å². The Balaban J connectivity index is 1.29. The molecule has 1 N–H and O–H groups in total. The maximum atomic E-state index is 12.9. The van der Waals surface area contributed by atoms with E-state index >= 15 is 0 Å². The molecule has 1 aliphatic rings. The molecule has 4 aromatic rings. The zero-order valence-electron chi connectivity index (χ0n) is 17.9. The Bertz CT molecular complexity index is 1410. The lowest BCUT2D eigenvalue weighted by Gasteiger charge is -2.11. The summed E-state index contributed by atoms with van der Waals surface area (Å²) in [6.45, 7) is 0.0340. The van der Waals surface area contributed by atoms with Gasteiger partial charge in [0.25, 0.3) is 5.91 Å². The Morgan fingerprint density at radius 2 is 1.76 bits per heavy atom. The fourth-order valence-corrected chi connectivity index (χ4v) is 3.90. The lowest BCUT2D eigenvalue weighted by Crippen LogP contribution is -2.28. The minimum atomic E-state index is -0.620. The van der Waals surface area contributed by atoms with Crippen LogP contribution < -0.4 is 14.8 Å². The van der Waals surface area contributed by atoms with Gasteiger partial charge in [0.05, 0.1) is 16.8 Å². The van der Waals surface area contributed by atoms with E-state index < -0.39 is 18.5 Å². The number of aromatic nitrogens is 1. The van der Waals surface area contributed by atoms with E-state index in [1.165, 1.54) is 0 Å². The summed E-state index contributed by atoms with van der Waals surface area (Å²) in [4.78, 5) is 29.9. The Morgan fingerprint density at radius 1 is 0.971 bits per heavy atom. The van der Waals surface area contributed by atoms with Crippen LogP contribution in [0.15, 0.2) is 72.8 Å². The second kappa shape index (κ2) is 9.41. The Hall–Kier alpha value is -4.10. The van der Waals surface area contributed by atoms with Gasteiger partial charge < -0.3 is 19.5 Å². The third-order valence-corrected chi connectivity index (χ3v) is 5.68. The molecule has 2 heterocycles. The van der Waals surface area contributed by atoms with Crippen molar-refractivity contribution in [2.75, 3.05) is 13.4 Å². The molecule has 3 aromatic carbocycles. The van der Waals surface area contributed by atoms with Gasteiger partial charge in [0.1, 0.15) is 0 Å². The fraction of sp³-hybridized carbons (Fsp3) is 0.115. The fourth-order valence-electron chi connectivity index (χ4n) is 3.66. The van der Waals surface area contributed by atoms with Crippen LogP contribution in [-0.4, -0.2) is 30.3 Å². The summed E-state index contributed by atoms with van der Waals surface area (Å²) < 4.78 is 15.9. The Morgan fingerprint density at radius 3 is 2.65 bits per heavy atom. The number of carbonyl (C=O) groups is 2. The zero-order chi connectivity index (χ0) is 23.5. The van der Waals surface area contributed by atoms with Gasteiger partial charge in [0.15, 0.2) is 18.1 Å². The predicted octanol–water partition coefficient (Wildman–Crippen LogP) is 4.76. The van der Waals surface area contributed by atoms with Crippen LogP contribution in [0.4, 0.5) is 0 Å². The number of hydrogen-bond donors (Lipinski definition) is 1. The standard InChI is InChI=1S/C26H19ClN2O5/c27-20-7-3-1-6-18(20)22-12-19(17-5-2-4-8-21(17)29-22)26(31)32-14-25(30)28-13-16-9-10-23-24(11-16)34-15-33-23/h1-12H,13-15H2,(H,28,30). The molecule has 7 nitrogen and oxygen atoms in total. The minimum absolute atomic E-state index is 0.184. The van der Waals surface area contributed by atoms with E-state index in [-0.39, 0.29) is 13.3 Å². The molecule has 34 heavy (non-hydrogen) atoms. The van der Waals surface area contributed by atoms with Crippen molar-refractivity contribution in [1.82, 2.24) is 10.3 Å². The first-order valence-electron chi connectivity index (χ1n) is 10.6. The normalized spacial score (nSPS) is 11.9. The number of hydrogen-bond acceptors (Lipinski definition) is 6. The van der Waals surface area contributed by atoms with Gasteiger partial charge in [-0.15, -0.1) is 0 Å². The van der Waals surface area contributed by atoms with E-state index in [4.69, 9.17) is 25.8 Å². The van der Waals surface area contributed by atoms with E-state index in [0.717, 1.165) is 5.56 Å².